The summed E-state index contributed by atoms with van der Waals surface area (Å²) >= 11 is 0. The molecule has 0 spiro atoms. The summed E-state index contributed by atoms with van der Waals surface area (Å²) in [6.07, 6.45) is 0.379. The third kappa shape index (κ3) is 6.25. The largest absolute Gasteiger partial charge is 0.397 e. The van der Waals surface area contributed by atoms with E-state index in [0.717, 1.165) is 5.56 Å². The van der Waals surface area contributed by atoms with Gasteiger partial charge in [-0.25, -0.2) is 0 Å². The summed E-state index contributed by atoms with van der Waals surface area (Å²) in [7, 11) is 1.61. The molecule has 0 bridgehead atoms. The topological polar surface area (TPSA) is 91.4 Å². The van der Waals surface area contributed by atoms with Crippen molar-refractivity contribution in [3.63, 3.8) is 0 Å². The first-order chi connectivity index (χ1) is 10.1. The summed E-state index contributed by atoms with van der Waals surface area (Å²) < 4.78 is 5.01. The van der Waals surface area contributed by atoms with Gasteiger partial charge in [-0.15, -0.1) is 0 Å². The predicted octanol–water partition coefficient (Wildman–Crippen LogP) is 1.38. The smallest absolute Gasteiger partial charge is 0.238 e. The Kier molecular flexibility index (Phi) is 7.23. The standard InChI is InChI=1S/C15H22N4O2/c1-12-4-5-14(13(17)10-12)18-15(20)11-19(7-3-6-16)8-9-21-2/h4-5,10H,3,7-9,11,17H2,1-2H3,(H,18,20). The molecule has 0 unspecified atom stereocenters. The zero-order chi connectivity index (χ0) is 15.7. The molecule has 21 heavy (non-hydrogen) atoms. The van der Waals surface area contributed by atoms with Gasteiger partial charge in [-0.05, 0) is 24.6 Å². The average molecular weight is 290 g/mol. The average Bonchev–Trinajstić information content (AvgIpc) is 2.45. The van der Waals surface area contributed by atoms with Crippen molar-refractivity contribution in [1.29, 1.82) is 5.26 Å². The third-order valence-corrected chi connectivity index (χ3v) is 3.00. The second kappa shape index (κ2) is 8.95. The van der Waals surface area contributed by atoms with Crippen LogP contribution < -0.4 is 11.1 Å². The molecule has 1 aromatic carbocycles. The van der Waals surface area contributed by atoms with Crippen molar-refractivity contribution in [2.75, 3.05) is 44.4 Å². The van der Waals surface area contributed by atoms with Gasteiger partial charge in [-0.3, -0.25) is 9.69 Å². The fourth-order valence-corrected chi connectivity index (χ4v) is 1.89. The van der Waals surface area contributed by atoms with E-state index in [0.29, 0.717) is 37.5 Å². The Balaban J connectivity index is 2.58. The molecule has 6 heteroatoms. The summed E-state index contributed by atoms with van der Waals surface area (Å²) in [5, 5.41) is 11.4. The Hall–Kier alpha value is -2.10. The second-order valence-corrected chi connectivity index (χ2v) is 4.82. The van der Waals surface area contributed by atoms with Gasteiger partial charge in [-0.2, -0.15) is 5.26 Å². The van der Waals surface area contributed by atoms with Crippen molar-refractivity contribution in [1.82, 2.24) is 4.90 Å². The van der Waals surface area contributed by atoms with Crippen LogP contribution in [-0.4, -0.2) is 44.2 Å². The zero-order valence-corrected chi connectivity index (χ0v) is 12.6. The molecule has 1 rings (SSSR count). The van der Waals surface area contributed by atoms with Crippen molar-refractivity contribution in [3.8, 4) is 6.07 Å². The number of ether oxygens (including phenoxy) is 1. The van der Waals surface area contributed by atoms with Crippen LogP contribution in [0.2, 0.25) is 0 Å². The fourth-order valence-electron chi connectivity index (χ4n) is 1.89. The molecule has 6 nitrogen and oxygen atoms in total. The van der Waals surface area contributed by atoms with E-state index in [1.807, 2.05) is 24.0 Å². The molecular weight excluding hydrogens is 268 g/mol. The minimum absolute atomic E-state index is 0.153. The molecule has 0 saturated heterocycles. The van der Waals surface area contributed by atoms with Crippen LogP contribution in [0, 0.1) is 18.3 Å². The summed E-state index contributed by atoms with van der Waals surface area (Å²) in [4.78, 5) is 13.9. The molecule has 0 aliphatic carbocycles. The van der Waals surface area contributed by atoms with Crippen LogP contribution in [0.5, 0.6) is 0 Å². The molecule has 114 valence electrons. The van der Waals surface area contributed by atoms with Crippen molar-refractivity contribution < 1.29 is 9.53 Å². The highest BCUT2D eigenvalue weighted by Crippen LogP contribution is 2.19. The molecule has 1 amide bonds. The molecule has 0 atom stereocenters. The van der Waals surface area contributed by atoms with Crippen LogP contribution in [0.3, 0.4) is 0 Å². The Morgan fingerprint density at radius 1 is 1.48 bits per heavy atom. The van der Waals surface area contributed by atoms with Gasteiger partial charge < -0.3 is 15.8 Å². The lowest BCUT2D eigenvalue weighted by atomic mass is 10.2. The Labute approximate surface area is 125 Å². The van der Waals surface area contributed by atoms with E-state index in [1.54, 1.807) is 13.2 Å². The Bertz CT molecular complexity index is 511. The van der Waals surface area contributed by atoms with E-state index in [4.69, 9.17) is 15.7 Å². The number of nitrogen functional groups attached to an aromatic ring is 1. The van der Waals surface area contributed by atoms with Crippen molar-refractivity contribution in [2.24, 2.45) is 0 Å². The quantitative estimate of drug-likeness (QED) is 0.706. The molecule has 0 aliphatic rings. The summed E-state index contributed by atoms with van der Waals surface area (Å²) in [5.41, 5.74) is 8.07. The maximum Gasteiger partial charge on any atom is 0.238 e. The lowest BCUT2D eigenvalue weighted by Crippen LogP contribution is -2.36. The fraction of sp³-hybridized carbons (Fsp3) is 0.467. The number of rotatable bonds is 8. The van der Waals surface area contributed by atoms with Crippen LogP contribution in [0.4, 0.5) is 11.4 Å². The zero-order valence-electron chi connectivity index (χ0n) is 12.6. The van der Waals surface area contributed by atoms with Crippen LogP contribution in [0.15, 0.2) is 18.2 Å². The molecule has 0 heterocycles. The maximum atomic E-state index is 12.1. The lowest BCUT2D eigenvalue weighted by Gasteiger charge is -2.20. The summed E-state index contributed by atoms with van der Waals surface area (Å²) in [6, 6.07) is 7.57. The number of benzene rings is 1. The number of carbonyl (C=O) groups is 1. The van der Waals surface area contributed by atoms with E-state index in [-0.39, 0.29) is 12.5 Å². The second-order valence-electron chi connectivity index (χ2n) is 4.82. The van der Waals surface area contributed by atoms with Gasteiger partial charge in [0, 0.05) is 26.6 Å². The van der Waals surface area contributed by atoms with Crippen LogP contribution in [0.25, 0.3) is 0 Å². The van der Waals surface area contributed by atoms with Crippen LogP contribution >= 0.6 is 0 Å². The monoisotopic (exact) mass is 290 g/mol. The number of carbonyl (C=O) groups excluding carboxylic acids is 1. The number of nitrogens with zero attached hydrogens (tertiary/aromatic N) is 2. The molecule has 0 radical (unpaired) electrons. The van der Waals surface area contributed by atoms with Crippen molar-refractivity contribution in [3.05, 3.63) is 23.8 Å². The van der Waals surface area contributed by atoms with Gasteiger partial charge in [0.1, 0.15) is 0 Å². The van der Waals surface area contributed by atoms with Gasteiger partial charge in [0.25, 0.3) is 0 Å². The van der Waals surface area contributed by atoms with Gasteiger partial charge in [0.2, 0.25) is 5.91 Å². The van der Waals surface area contributed by atoms with Crippen molar-refractivity contribution >= 4 is 17.3 Å². The minimum Gasteiger partial charge on any atom is -0.397 e. The van der Waals surface area contributed by atoms with Gasteiger partial charge in [0.15, 0.2) is 0 Å². The van der Waals surface area contributed by atoms with E-state index >= 15 is 0 Å². The molecule has 0 aliphatic heterocycles. The van der Waals surface area contributed by atoms with Gasteiger partial charge in [-0.1, -0.05) is 6.07 Å². The molecule has 3 N–H and O–H groups in total. The number of nitrogens with one attached hydrogen (secondary N) is 1. The number of anilines is 2. The van der Waals surface area contributed by atoms with E-state index in [1.165, 1.54) is 0 Å². The number of hydrogen-bond acceptors (Lipinski definition) is 5. The number of amides is 1. The van der Waals surface area contributed by atoms with Gasteiger partial charge in [0.05, 0.1) is 30.6 Å². The number of nitrogens with two attached hydrogens (primary N) is 1. The SMILES string of the molecule is COCCN(CCC#N)CC(=O)Nc1ccc(C)cc1N. The molecule has 0 fully saturated rings. The molecule has 1 aromatic rings. The highest BCUT2D eigenvalue weighted by Gasteiger charge is 2.11. The predicted molar refractivity (Wildman–Crippen MR) is 82.8 cm³/mol. The van der Waals surface area contributed by atoms with Crippen LogP contribution in [0.1, 0.15) is 12.0 Å². The minimum atomic E-state index is -0.153. The summed E-state index contributed by atoms with van der Waals surface area (Å²) in [5.74, 6) is -0.153. The lowest BCUT2D eigenvalue weighted by molar-refractivity contribution is -0.117. The first kappa shape index (κ1) is 17.0. The number of nitriles is 1. The highest BCUT2D eigenvalue weighted by molar-refractivity contribution is 5.95. The summed E-state index contributed by atoms with van der Waals surface area (Å²) in [6.45, 7) is 3.81. The molecular formula is C15H22N4O2. The third-order valence-electron chi connectivity index (χ3n) is 3.00. The molecule has 0 saturated carbocycles. The Morgan fingerprint density at radius 2 is 2.24 bits per heavy atom. The van der Waals surface area contributed by atoms with Crippen molar-refractivity contribution in [2.45, 2.75) is 13.3 Å². The number of methoxy groups -OCH3 is 1. The first-order valence-electron chi connectivity index (χ1n) is 6.81. The molecule has 0 aromatic heterocycles. The normalized spacial score (nSPS) is 10.4. The number of hydrogen-bond donors (Lipinski definition) is 2. The number of aryl methyl sites for hydroxylation is 1. The Morgan fingerprint density at radius 3 is 2.86 bits per heavy atom. The van der Waals surface area contributed by atoms with Gasteiger partial charge >= 0.3 is 0 Å². The van der Waals surface area contributed by atoms with E-state index in [2.05, 4.69) is 11.4 Å². The first-order valence-corrected chi connectivity index (χ1v) is 6.81. The highest BCUT2D eigenvalue weighted by atomic mass is 16.5. The van der Waals surface area contributed by atoms with E-state index < -0.39 is 0 Å². The van der Waals surface area contributed by atoms with Crippen LogP contribution in [-0.2, 0) is 9.53 Å². The maximum absolute atomic E-state index is 12.1. The van der Waals surface area contributed by atoms with E-state index in [9.17, 15) is 4.79 Å².